The van der Waals surface area contributed by atoms with Gasteiger partial charge in [0.25, 0.3) is 0 Å². The van der Waals surface area contributed by atoms with Gasteiger partial charge < -0.3 is 5.11 Å². The number of halogens is 2. The Hall–Kier alpha value is -2.25. The van der Waals surface area contributed by atoms with Crippen LogP contribution in [0.4, 0.5) is 8.78 Å². The normalized spacial score (nSPS) is 37.4. The SMILES string of the molecule is C#CC(F)(F)[C@@]1(O)CC[C@@H]2[C@H]3CCC4=CC(=O)CCC4=C3[C@H](c3ccc(C4CC4)cc3)C[C@]21C. The molecule has 0 unspecified atom stereocenters. The van der Waals surface area contributed by atoms with E-state index in [1.165, 1.54) is 29.6 Å². The Morgan fingerprint density at radius 3 is 2.44 bits per heavy atom. The number of carbonyl (C=O) groups is 1. The average molecular weight is 463 g/mol. The summed E-state index contributed by atoms with van der Waals surface area (Å²) in [6.45, 7) is 1.86. The Bertz CT molecular complexity index is 1150. The van der Waals surface area contributed by atoms with Gasteiger partial charge in [0.2, 0.25) is 0 Å². The maximum absolute atomic E-state index is 15.1. The highest BCUT2D eigenvalue weighted by atomic mass is 19.3. The lowest BCUT2D eigenvalue weighted by atomic mass is 9.50. The molecule has 0 saturated heterocycles. The molecule has 5 aliphatic rings. The van der Waals surface area contributed by atoms with E-state index in [9.17, 15) is 9.90 Å². The number of aliphatic hydroxyl groups is 1. The van der Waals surface area contributed by atoms with E-state index in [2.05, 4.69) is 24.3 Å². The van der Waals surface area contributed by atoms with E-state index in [1.54, 1.807) is 5.92 Å². The number of terminal acetylenes is 1. The number of alkyl halides is 2. The number of hydrogen-bond donors (Lipinski definition) is 1. The van der Waals surface area contributed by atoms with Gasteiger partial charge in [-0.15, -0.1) is 6.42 Å². The van der Waals surface area contributed by atoms with Crippen molar-refractivity contribution in [1.29, 1.82) is 0 Å². The van der Waals surface area contributed by atoms with Crippen molar-refractivity contribution in [2.45, 2.75) is 88.1 Å². The van der Waals surface area contributed by atoms with Crippen LogP contribution >= 0.6 is 0 Å². The summed E-state index contributed by atoms with van der Waals surface area (Å²) >= 11 is 0. The molecule has 0 aliphatic heterocycles. The molecule has 1 N–H and O–H groups in total. The van der Waals surface area contributed by atoms with E-state index >= 15 is 8.78 Å². The third-order valence-electron chi connectivity index (χ3n) is 9.97. The van der Waals surface area contributed by atoms with Crippen molar-refractivity contribution in [3.8, 4) is 12.3 Å². The topological polar surface area (TPSA) is 37.3 Å². The maximum atomic E-state index is 15.1. The molecule has 3 saturated carbocycles. The summed E-state index contributed by atoms with van der Waals surface area (Å²) in [5.74, 6) is -1.05. The minimum absolute atomic E-state index is 0.0268. The van der Waals surface area contributed by atoms with Gasteiger partial charge in [-0.1, -0.05) is 36.8 Å². The van der Waals surface area contributed by atoms with E-state index in [1.807, 2.05) is 13.0 Å². The quantitative estimate of drug-likeness (QED) is 0.523. The monoisotopic (exact) mass is 462 g/mol. The molecule has 0 bridgehead atoms. The molecule has 5 aliphatic carbocycles. The highest BCUT2D eigenvalue weighted by molar-refractivity contribution is 5.93. The Morgan fingerprint density at radius 2 is 1.76 bits per heavy atom. The molecule has 0 radical (unpaired) electrons. The molecule has 0 heterocycles. The van der Waals surface area contributed by atoms with Gasteiger partial charge in [-0.2, -0.15) is 8.78 Å². The minimum Gasteiger partial charge on any atom is -0.382 e. The van der Waals surface area contributed by atoms with E-state index in [4.69, 9.17) is 6.42 Å². The lowest BCUT2D eigenvalue weighted by Crippen LogP contribution is -2.60. The van der Waals surface area contributed by atoms with E-state index in [0.29, 0.717) is 25.2 Å². The van der Waals surface area contributed by atoms with Gasteiger partial charge in [0.15, 0.2) is 5.78 Å². The van der Waals surface area contributed by atoms with E-state index < -0.39 is 16.9 Å². The summed E-state index contributed by atoms with van der Waals surface area (Å²) < 4.78 is 30.3. The van der Waals surface area contributed by atoms with Gasteiger partial charge in [-0.25, -0.2) is 0 Å². The van der Waals surface area contributed by atoms with Crippen LogP contribution in [0.2, 0.25) is 0 Å². The van der Waals surface area contributed by atoms with Gasteiger partial charge >= 0.3 is 5.92 Å². The first-order chi connectivity index (χ1) is 16.2. The molecule has 1 aromatic carbocycles. The average Bonchev–Trinajstić information content (AvgIpc) is 3.64. The van der Waals surface area contributed by atoms with Crippen LogP contribution in [-0.2, 0) is 4.79 Å². The van der Waals surface area contributed by atoms with Crippen LogP contribution in [0.1, 0.15) is 87.7 Å². The summed E-state index contributed by atoms with van der Waals surface area (Å²) in [6, 6.07) is 8.74. The van der Waals surface area contributed by atoms with Crippen molar-refractivity contribution in [3.63, 3.8) is 0 Å². The second-order valence-electron chi connectivity index (χ2n) is 11.6. The predicted molar refractivity (Wildman–Crippen MR) is 127 cm³/mol. The Labute approximate surface area is 200 Å². The number of fused-ring (bicyclic) bond motifs is 4. The molecular formula is C30H32F2O2. The third-order valence-corrected chi connectivity index (χ3v) is 9.97. The number of benzene rings is 1. The molecule has 0 spiro atoms. The fourth-order valence-electron chi connectivity index (χ4n) is 8.02. The summed E-state index contributed by atoms with van der Waals surface area (Å²) in [4.78, 5) is 12.2. The highest BCUT2D eigenvalue weighted by Crippen LogP contribution is 2.69. The highest BCUT2D eigenvalue weighted by Gasteiger charge is 2.71. The van der Waals surface area contributed by atoms with Crippen LogP contribution < -0.4 is 0 Å². The van der Waals surface area contributed by atoms with Crippen LogP contribution in [0, 0.1) is 29.6 Å². The van der Waals surface area contributed by atoms with Crippen molar-refractivity contribution < 1.29 is 18.7 Å². The lowest BCUT2D eigenvalue weighted by Gasteiger charge is -2.55. The number of allylic oxidation sites excluding steroid dienone is 4. The minimum atomic E-state index is -3.57. The van der Waals surface area contributed by atoms with Crippen LogP contribution in [0.5, 0.6) is 0 Å². The zero-order valence-corrected chi connectivity index (χ0v) is 19.7. The van der Waals surface area contributed by atoms with Gasteiger partial charge in [0.05, 0.1) is 0 Å². The van der Waals surface area contributed by atoms with Crippen molar-refractivity contribution in [2.75, 3.05) is 0 Å². The fraction of sp³-hybridized carbons (Fsp3) is 0.567. The Balaban J connectivity index is 1.50. The first kappa shape index (κ1) is 22.2. The van der Waals surface area contributed by atoms with E-state index in [0.717, 1.165) is 30.4 Å². The first-order valence-electron chi connectivity index (χ1n) is 12.8. The molecule has 0 aromatic heterocycles. The molecule has 4 heteroatoms. The standard InChI is InChI=1S/C30H32F2O2/c1-3-30(31,32)29(34)15-14-26-24-12-10-21-16-22(33)11-13-23(21)27(24)25(17-28(26,29)2)20-8-6-19(7-9-20)18-4-5-18/h1,6-9,16,18,24-26,34H,4-5,10-15,17H2,2H3/t24-,25+,26-,28-,29-/m1/s1. The van der Waals surface area contributed by atoms with Crippen molar-refractivity contribution >= 4 is 5.78 Å². The summed E-state index contributed by atoms with van der Waals surface area (Å²) in [5.41, 5.74) is 3.07. The summed E-state index contributed by atoms with van der Waals surface area (Å²) in [7, 11) is 0. The van der Waals surface area contributed by atoms with Crippen LogP contribution in [0.15, 0.2) is 47.1 Å². The van der Waals surface area contributed by atoms with Crippen molar-refractivity contribution in [2.24, 2.45) is 17.3 Å². The Morgan fingerprint density at radius 1 is 1.06 bits per heavy atom. The van der Waals surface area contributed by atoms with Gasteiger partial charge in [0, 0.05) is 17.8 Å². The fourth-order valence-corrected chi connectivity index (χ4v) is 8.02. The zero-order chi connectivity index (χ0) is 23.9. The second-order valence-corrected chi connectivity index (χ2v) is 11.6. The molecule has 178 valence electrons. The van der Waals surface area contributed by atoms with Gasteiger partial charge in [0.1, 0.15) is 5.60 Å². The van der Waals surface area contributed by atoms with Crippen LogP contribution in [-0.4, -0.2) is 22.4 Å². The molecule has 0 amide bonds. The molecule has 2 nitrogen and oxygen atoms in total. The molecule has 6 rings (SSSR count). The molecular weight excluding hydrogens is 430 g/mol. The molecule has 5 atom stereocenters. The van der Waals surface area contributed by atoms with Gasteiger partial charge in [-0.05, 0) is 103 Å². The van der Waals surface area contributed by atoms with E-state index in [-0.39, 0.29) is 30.0 Å². The summed E-state index contributed by atoms with van der Waals surface area (Å²) in [5, 5.41) is 11.6. The largest absolute Gasteiger partial charge is 0.382 e. The van der Waals surface area contributed by atoms with Crippen molar-refractivity contribution in [3.05, 3.63) is 58.2 Å². The zero-order valence-electron chi connectivity index (χ0n) is 19.7. The van der Waals surface area contributed by atoms with Crippen LogP contribution in [0.25, 0.3) is 0 Å². The smallest absolute Gasteiger partial charge is 0.336 e. The molecule has 3 fully saturated rings. The second kappa shape index (κ2) is 7.37. The number of carbonyl (C=O) groups excluding carboxylic acids is 1. The number of rotatable bonds is 3. The number of hydrogen-bond acceptors (Lipinski definition) is 2. The third kappa shape index (κ3) is 2.99. The Kier molecular flexibility index (Phi) is 4.82. The van der Waals surface area contributed by atoms with Gasteiger partial charge in [-0.3, -0.25) is 4.79 Å². The number of ketones is 1. The lowest BCUT2D eigenvalue weighted by molar-refractivity contribution is -0.209. The maximum Gasteiger partial charge on any atom is 0.336 e. The predicted octanol–water partition coefficient (Wildman–Crippen LogP) is 6.46. The first-order valence-corrected chi connectivity index (χ1v) is 12.8. The molecule has 1 aromatic rings. The van der Waals surface area contributed by atoms with Crippen molar-refractivity contribution in [1.82, 2.24) is 0 Å². The molecule has 34 heavy (non-hydrogen) atoms. The summed E-state index contributed by atoms with van der Waals surface area (Å²) in [6.07, 6.45) is 13.5. The van der Waals surface area contributed by atoms with Crippen LogP contribution in [0.3, 0.4) is 0 Å².